The van der Waals surface area contributed by atoms with Gasteiger partial charge in [-0.05, 0) is 36.2 Å². The number of fused-ring (bicyclic) bond motifs is 1. The van der Waals surface area contributed by atoms with E-state index in [1.165, 1.54) is 5.56 Å². The molecule has 5 atom stereocenters. The van der Waals surface area contributed by atoms with Crippen molar-refractivity contribution in [3.63, 3.8) is 0 Å². The van der Waals surface area contributed by atoms with E-state index < -0.39 is 0 Å². The normalized spacial score (nSPS) is 41.8. The molecule has 1 aromatic carbocycles. The Bertz CT molecular complexity index is 667. The topological polar surface area (TPSA) is 35.5 Å². The van der Waals surface area contributed by atoms with Crippen LogP contribution in [0, 0.1) is 22.7 Å². The van der Waals surface area contributed by atoms with Crippen molar-refractivity contribution in [3.8, 4) is 0 Å². The van der Waals surface area contributed by atoms with E-state index in [-0.39, 0.29) is 28.5 Å². The monoisotopic (exact) mass is 342 g/mol. The Morgan fingerprint density at radius 2 is 1.88 bits per heavy atom. The minimum atomic E-state index is -0.256. The largest absolute Gasteiger partial charge is 0.375 e. The van der Waals surface area contributed by atoms with Crippen LogP contribution in [0.5, 0.6) is 0 Å². The number of Topliss-reactive ketones (excluding diaryl/α,β-unsaturated/α-hetero) is 1. The second kappa shape index (κ2) is 5.65. The Morgan fingerprint density at radius 1 is 1.16 bits per heavy atom. The van der Waals surface area contributed by atoms with Gasteiger partial charge in [0.1, 0.15) is 5.78 Å². The lowest BCUT2D eigenvalue weighted by Crippen LogP contribution is -2.61. The van der Waals surface area contributed by atoms with Crippen molar-refractivity contribution in [2.75, 3.05) is 7.11 Å². The maximum Gasteiger partial charge on any atom is 0.137 e. The van der Waals surface area contributed by atoms with Gasteiger partial charge in [0.15, 0.2) is 0 Å². The van der Waals surface area contributed by atoms with Crippen LogP contribution in [-0.4, -0.2) is 24.6 Å². The molecule has 0 aliphatic heterocycles. The molecular weight excluding hydrogens is 312 g/mol. The number of hydrogen-bond donors (Lipinski definition) is 0. The third-order valence-electron chi connectivity index (χ3n) is 7.59. The van der Waals surface area contributed by atoms with E-state index in [9.17, 15) is 4.79 Å². The summed E-state index contributed by atoms with van der Waals surface area (Å²) in [6.45, 7) is 7.31. The van der Waals surface area contributed by atoms with Gasteiger partial charge in [0.2, 0.25) is 0 Å². The van der Waals surface area contributed by atoms with E-state index in [0.29, 0.717) is 18.3 Å². The Labute approximate surface area is 151 Å². The van der Waals surface area contributed by atoms with Gasteiger partial charge >= 0.3 is 0 Å². The first kappa shape index (κ1) is 17.2. The van der Waals surface area contributed by atoms with Crippen molar-refractivity contribution in [3.05, 3.63) is 35.9 Å². The first-order valence-electron chi connectivity index (χ1n) is 9.59. The second-order valence-electron chi connectivity index (χ2n) is 9.18. The molecule has 1 spiro atoms. The third-order valence-corrected chi connectivity index (χ3v) is 7.59. The van der Waals surface area contributed by atoms with Crippen LogP contribution >= 0.6 is 0 Å². The zero-order valence-electron chi connectivity index (χ0n) is 15.9. The highest BCUT2D eigenvalue weighted by Gasteiger charge is 2.72. The highest BCUT2D eigenvalue weighted by Crippen LogP contribution is 2.70. The third kappa shape index (κ3) is 2.28. The van der Waals surface area contributed by atoms with Crippen molar-refractivity contribution in [2.45, 2.75) is 64.8 Å². The van der Waals surface area contributed by atoms with E-state index in [1.54, 1.807) is 0 Å². The number of carbonyl (C=O) groups is 1. The lowest BCUT2D eigenvalue weighted by Gasteiger charge is -2.56. The van der Waals surface area contributed by atoms with Crippen molar-refractivity contribution < 1.29 is 14.3 Å². The van der Waals surface area contributed by atoms with E-state index in [0.717, 1.165) is 25.7 Å². The van der Waals surface area contributed by atoms with E-state index in [4.69, 9.17) is 9.47 Å². The predicted octanol–water partition coefficient (Wildman–Crippen LogP) is 4.39. The highest BCUT2D eigenvalue weighted by molar-refractivity contribution is 5.86. The zero-order valence-corrected chi connectivity index (χ0v) is 15.9. The van der Waals surface area contributed by atoms with Crippen LogP contribution in [0.3, 0.4) is 0 Å². The molecule has 0 heterocycles. The minimum Gasteiger partial charge on any atom is -0.375 e. The number of ketones is 1. The Morgan fingerprint density at radius 3 is 2.56 bits per heavy atom. The lowest BCUT2D eigenvalue weighted by molar-refractivity contribution is -0.220. The average Bonchev–Trinajstić information content (AvgIpc) is 3.05. The maximum atomic E-state index is 12.9. The van der Waals surface area contributed by atoms with E-state index >= 15 is 0 Å². The molecule has 2 bridgehead atoms. The molecule has 0 radical (unpaired) electrons. The first-order chi connectivity index (χ1) is 11.9. The van der Waals surface area contributed by atoms with Gasteiger partial charge in [-0.15, -0.1) is 0 Å². The summed E-state index contributed by atoms with van der Waals surface area (Å²) >= 11 is 0. The molecule has 3 fully saturated rings. The second-order valence-corrected chi connectivity index (χ2v) is 9.18. The molecule has 1 aromatic rings. The number of methoxy groups -OCH3 is 1. The quantitative estimate of drug-likeness (QED) is 0.814. The Balaban J connectivity index is 1.69. The average molecular weight is 342 g/mol. The summed E-state index contributed by atoms with van der Waals surface area (Å²) in [6, 6.07) is 10.3. The fraction of sp³-hybridized carbons (Fsp3) is 0.682. The molecule has 3 nitrogen and oxygen atoms in total. The van der Waals surface area contributed by atoms with Gasteiger partial charge in [-0.2, -0.15) is 0 Å². The summed E-state index contributed by atoms with van der Waals surface area (Å²) in [7, 11) is 1.83. The highest BCUT2D eigenvalue weighted by atomic mass is 16.5. The first-order valence-corrected chi connectivity index (χ1v) is 9.59. The van der Waals surface area contributed by atoms with Gasteiger partial charge in [-0.25, -0.2) is 0 Å². The maximum absolute atomic E-state index is 12.9. The molecule has 4 rings (SSSR count). The summed E-state index contributed by atoms with van der Waals surface area (Å²) in [5.41, 5.74) is 0.823. The number of carbonyl (C=O) groups excluding carboxylic acids is 1. The lowest BCUT2D eigenvalue weighted by atomic mass is 9.53. The molecule has 3 saturated carbocycles. The van der Waals surface area contributed by atoms with Gasteiger partial charge < -0.3 is 9.47 Å². The molecule has 3 aliphatic rings. The van der Waals surface area contributed by atoms with Crippen LogP contribution in [0.4, 0.5) is 0 Å². The summed E-state index contributed by atoms with van der Waals surface area (Å²) in [5, 5.41) is 0. The molecule has 25 heavy (non-hydrogen) atoms. The molecule has 0 unspecified atom stereocenters. The van der Waals surface area contributed by atoms with Gasteiger partial charge in [-0.3, -0.25) is 4.79 Å². The Hall–Kier alpha value is -1.19. The molecule has 3 aliphatic carbocycles. The van der Waals surface area contributed by atoms with Crippen molar-refractivity contribution in [1.29, 1.82) is 0 Å². The summed E-state index contributed by atoms with van der Waals surface area (Å²) in [4.78, 5) is 12.9. The predicted molar refractivity (Wildman–Crippen MR) is 97.1 cm³/mol. The Kier molecular flexibility index (Phi) is 3.90. The summed E-state index contributed by atoms with van der Waals surface area (Å²) in [5.74, 6) is 0.996. The van der Waals surface area contributed by atoms with Crippen LogP contribution in [-0.2, 0) is 20.9 Å². The molecule has 0 N–H and O–H groups in total. The van der Waals surface area contributed by atoms with Crippen molar-refractivity contribution >= 4 is 5.78 Å². The van der Waals surface area contributed by atoms with E-state index in [2.05, 4.69) is 32.9 Å². The number of benzene rings is 1. The number of ether oxygens (including phenoxy) is 2. The fourth-order valence-corrected chi connectivity index (χ4v) is 6.68. The van der Waals surface area contributed by atoms with E-state index in [1.807, 2.05) is 25.3 Å². The molecular formula is C22H30O3. The zero-order chi connectivity index (χ0) is 17.9. The fourth-order valence-electron chi connectivity index (χ4n) is 6.68. The molecule has 3 heteroatoms. The molecule has 0 amide bonds. The van der Waals surface area contributed by atoms with Crippen LogP contribution in [0.1, 0.15) is 52.0 Å². The van der Waals surface area contributed by atoms with Gasteiger partial charge in [0, 0.05) is 24.9 Å². The SMILES string of the molecule is CO[C@]12CC[C@@]3(C1)[C@H](C)CC(=O)[C@H]3C(C)(C)[C@H]2OCc1ccccc1. The number of hydrogen-bond acceptors (Lipinski definition) is 3. The number of rotatable bonds is 4. The molecule has 136 valence electrons. The van der Waals surface area contributed by atoms with Gasteiger partial charge in [0.25, 0.3) is 0 Å². The molecule has 0 saturated heterocycles. The standard InChI is InChI=1S/C22H30O3/c1-15-12-17(23)18-20(2,3)19(25-13-16-8-6-5-7-9-16)22(24-4)11-10-21(15,18)14-22/h5-9,15,18-19H,10-14H2,1-4H3/t15-,18+,19-,21-,22-/m1/s1. The van der Waals surface area contributed by atoms with Crippen LogP contribution in [0.2, 0.25) is 0 Å². The summed E-state index contributed by atoms with van der Waals surface area (Å²) in [6.07, 6.45) is 3.73. The van der Waals surface area contributed by atoms with Crippen LogP contribution < -0.4 is 0 Å². The van der Waals surface area contributed by atoms with Crippen LogP contribution in [0.15, 0.2) is 30.3 Å². The van der Waals surface area contributed by atoms with Crippen molar-refractivity contribution in [1.82, 2.24) is 0 Å². The molecule has 0 aromatic heterocycles. The van der Waals surface area contributed by atoms with Crippen molar-refractivity contribution in [2.24, 2.45) is 22.7 Å². The minimum absolute atomic E-state index is 0.0555. The smallest absolute Gasteiger partial charge is 0.137 e. The van der Waals surface area contributed by atoms with Crippen LogP contribution in [0.25, 0.3) is 0 Å². The summed E-state index contributed by atoms with van der Waals surface area (Å²) < 4.78 is 12.7. The van der Waals surface area contributed by atoms with Gasteiger partial charge in [0.05, 0.1) is 18.3 Å². The van der Waals surface area contributed by atoms with Gasteiger partial charge in [-0.1, -0.05) is 51.1 Å².